The second-order valence-corrected chi connectivity index (χ2v) is 4.97. The summed E-state index contributed by atoms with van der Waals surface area (Å²) in [6, 6.07) is 2.75. The number of carbonyl (C=O) groups excluding carboxylic acids is 1. The second kappa shape index (κ2) is 6.36. The molecule has 20 heavy (non-hydrogen) atoms. The second-order valence-electron chi connectivity index (χ2n) is 4.97. The third-order valence-corrected chi connectivity index (χ3v) is 3.52. The van der Waals surface area contributed by atoms with Gasteiger partial charge < -0.3 is 15.7 Å². The van der Waals surface area contributed by atoms with Crippen molar-refractivity contribution in [3.8, 4) is 0 Å². The standard InChI is InChI=1S/C14H17FN2O3/c15-11-5-4-10(13(18)19)8-12(11)17-14(20)16-7-6-9-2-1-3-9/h4-5,8-9H,1-3,6-7H2,(H,18,19)(H2,16,17,20). The minimum Gasteiger partial charge on any atom is -0.478 e. The topological polar surface area (TPSA) is 78.4 Å². The summed E-state index contributed by atoms with van der Waals surface area (Å²) in [4.78, 5) is 22.4. The monoisotopic (exact) mass is 280 g/mol. The first-order valence-electron chi connectivity index (χ1n) is 6.64. The summed E-state index contributed by atoms with van der Waals surface area (Å²) in [5.74, 6) is -1.15. The molecule has 1 aromatic carbocycles. The Hall–Kier alpha value is -2.11. The predicted octanol–water partition coefficient (Wildman–Crippen LogP) is 2.84. The maximum absolute atomic E-state index is 13.5. The molecule has 108 valence electrons. The lowest BCUT2D eigenvalue weighted by Crippen LogP contribution is -2.31. The van der Waals surface area contributed by atoms with E-state index in [1.165, 1.54) is 19.3 Å². The van der Waals surface area contributed by atoms with Crippen molar-refractivity contribution in [2.45, 2.75) is 25.7 Å². The van der Waals surface area contributed by atoms with Gasteiger partial charge >= 0.3 is 12.0 Å². The first-order chi connectivity index (χ1) is 9.56. The minimum atomic E-state index is -1.17. The van der Waals surface area contributed by atoms with Crippen molar-refractivity contribution in [1.82, 2.24) is 5.32 Å². The number of benzene rings is 1. The molecule has 0 bridgehead atoms. The van der Waals surface area contributed by atoms with Crippen LogP contribution in [-0.4, -0.2) is 23.7 Å². The molecule has 2 rings (SSSR count). The Morgan fingerprint density at radius 3 is 2.70 bits per heavy atom. The predicted molar refractivity (Wildman–Crippen MR) is 72.3 cm³/mol. The van der Waals surface area contributed by atoms with Crippen molar-refractivity contribution in [2.24, 2.45) is 5.92 Å². The molecule has 1 saturated carbocycles. The Bertz CT molecular complexity index is 515. The molecule has 1 fully saturated rings. The molecule has 1 aliphatic rings. The number of hydrogen-bond acceptors (Lipinski definition) is 2. The number of hydrogen-bond donors (Lipinski definition) is 3. The van der Waals surface area contributed by atoms with E-state index in [1.54, 1.807) is 0 Å². The van der Waals surface area contributed by atoms with Gasteiger partial charge in [-0.25, -0.2) is 14.0 Å². The molecule has 2 amide bonds. The molecule has 0 unspecified atom stereocenters. The van der Waals surface area contributed by atoms with Gasteiger partial charge in [-0.2, -0.15) is 0 Å². The van der Waals surface area contributed by atoms with Crippen molar-refractivity contribution in [3.05, 3.63) is 29.6 Å². The van der Waals surface area contributed by atoms with Crippen molar-refractivity contribution in [3.63, 3.8) is 0 Å². The first kappa shape index (κ1) is 14.3. The molecule has 0 aliphatic heterocycles. The Kier molecular flexibility index (Phi) is 4.55. The number of amides is 2. The van der Waals surface area contributed by atoms with Crippen LogP contribution in [0.4, 0.5) is 14.9 Å². The largest absolute Gasteiger partial charge is 0.478 e. The molecule has 0 radical (unpaired) electrons. The zero-order valence-corrected chi connectivity index (χ0v) is 11.0. The van der Waals surface area contributed by atoms with Crippen LogP contribution in [0.25, 0.3) is 0 Å². The fraction of sp³-hybridized carbons (Fsp3) is 0.429. The van der Waals surface area contributed by atoms with E-state index in [0.717, 1.165) is 24.6 Å². The number of carbonyl (C=O) groups is 2. The molecule has 0 spiro atoms. The number of carboxylic acid groups (broad SMARTS) is 1. The van der Waals surface area contributed by atoms with E-state index in [0.29, 0.717) is 12.5 Å². The Morgan fingerprint density at radius 2 is 2.10 bits per heavy atom. The van der Waals surface area contributed by atoms with Crippen LogP contribution in [0.1, 0.15) is 36.0 Å². The number of urea groups is 1. The molecule has 5 nitrogen and oxygen atoms in total. The van der Waals surface area contributed by atoms with Gasteiger partial charge in [0.15, 0.2) is 0 Å². The Labute approximate surface area is 116 Å². The third-order valence-electron chi connectivity index (χ3n) is 3.52. The van der Waals surface area contributed by atoms with Gasteiger partial charge in [-0.15, -0.1) is 0 Å². The average Bonchev–Trinajstić information content (AvgIpc) is 2.34. The lowest BCUT2D eigenvalue weighted by Gasteiger charge is -2.25. The maximum atomic E-state index is 13.5. The SMILES string of the molecule is O=C(NCCC1CCC1)Nc1cc(C(=O)O)ccc1F. The highest BCUT2D eigenvalue weighted by molar-refractivity contribution is 5.93. The van der Waals surface area contributed by atoms with Gasteiger partial charge in [0.05, 0.1) is 11.3 Å². The van der Waals surface area contributed by atoms with Crippen LogP contribution in [-0.2, 0) is 0 Å². The van der Waals surface area contributed by atoms with Crippen molar-refractivity contribution in [1.29, 1.82) is 0 Å². The highest BCUT2D eigenvalue weighted by Gasteiger charge is 2.17. The molecule has 0 saturated heterocycles. The van der Waals surface area contributed by atoms with Crippen LogP contribution >= 0.6 is 0 Å². The van der Waals surface area contributed by atoms with E-state index < -0.39 is 17.8 Å². The van der Waals surface area contributed by atoms with Crippen molar-refractivity contribution in [2.75, 3.05) is 11.9 Å². The van der Waals surface area contributed by atoms with Crippen LogP contribution in [0.2, 0.25) is 0 Å². The summed E-state index contributed by atoms with van der Waals surface area (Å²) in [6.45, 7) is 0.538. The van der Waals surface area contributed by atoms with E-state index in [-0.39, 0.29) is 11.3 Å². The Morgan fingerprint density at radius 1 is 1.35 bits per heavy atom. The average molecular weight is 280 g/mol. The molecule has 1 aliphatic carbocycles. The van der Waals surface area contributed by atoms with Gasteiger partial charge in [0.2, 0.25) is 0 Å². The number of halogens is 1. The van der Waals surface area contributed by atoms with Crippen molar-refractivity contribution < 1.29 is 19.1 Å². The Balaban J connectivity index is 1.86. The van der Waals surface area contributed by atoms with Crippen LogP contribution in [0.15, 0.2) is 18.2 Å². The number of anilines is 1. The van der Waals surface area contributed by atoms with E-state index in [9.17, 15) is 14.0 Å². The van der Waals surface area contributed by atoms with Gasteiger partial charge in [0, 0.05) is 6.54 Å². The highest BCUT2D eigenvalue weighted by Crippen LogP contribution is 2.28. The summed E-state index contributed by atoms with van der Waals surface area (Å²) in [5, 5.41) is 13.8. The lowest BCUT2D eigenvalue weighted by atomic mass is 9.83. The van der Waals surface area contributed by atoms with E-state index >= 15 is 0 Å². The van der Waals surface area contributed by atoms with Gasteiger partial charge in [-0.1, -0.05) is 19.3 Å². The molecule has 1 aromatic rings. The number of rotatable bonds is 5. The molecular weight excluding hydrogens is 263 g/mol. The smallest absolute Gasteiger partial charge is 0.335 e. The summed E-state index contributed by atoms with van der Waals surface area (Å²) in [6.07, 6.45) is 4.59. The van der Waals surface area contributed by atoms with Gasteiger partial charge in [0.25, 0.3) is 0 Å². The van der Waals surface area contributed by atoms with Gasteiger partial charge in [0.1, 0.15) is 5.82 Å². The number of carboxylic acids is 1. The quantitative estimate of drug-likeness (QED) is 0.776. The molecule has 3 N–H and O–H groups in total. The molecule has 0 atom stereocenters. The fourth-order valence-corrected chi connectivity index (χ4v) is 2.09. The van der Waals surface area contributed by atoms with Crippen molar-refractivity contribution >= 4 is 17.7 Å². The normalized spacial score (nSPS) is 14.4. The van der Waals surface area contributed by atoms with Crippen LogP contribution in [0, 0.1) is 11.7 Å². The third kappa shape index (κ3) is 3.69. The van der Waals surface area contributed by atoms with Crippen LogP contribution in [0.5, 0.6) is 0 Å². The van der Waals surface area contributed by atoms with E-state index in [2.05, 4.69) is 10.6 Å². The number of aromatic carboxylic acids is 1. The molecule has 6 heteroatoms. The molecular formula is C14H17FN2O3. The molecule has 0 aromatic heterocycles. The lowest BCUT2D eigenvalue weighted by molar-refractivity contribution is 0.0697. The summed E-state index contributed by atoms with van der Waals surface area (Å²) in [5.41, 5.74) is -0.206. The minimum absolute atomic E-state index is 0.0730. The van der Waals surface area contributed by atoms with Crippen LogP contribution in [0.3, 0.4) is 0 Å². The fourth-order valence-electron chi connectivity index (χ4n) is 2.09. The van der Waals surface area contributed by atoms with E-state index in [1.807, 2.05) is 0 Å². The summed E-state index contributed by atoms with van der Waals surface area (Å²) >= 11 is 0. The summed E-state index contributed by atoms with van der Waals surface area (Å²) < 4.78 is 13.5. The zero-order valence-electron chi connectivity index (χ0n) is 11.0. The van der Waals surface area contributed by atoms with E-state index in [4.69, 9.17) is 5.11 Å². The molecule has 0 heterocycles. The van der Waals surface area contributed by atoms with Gasteiger partial charge in [-0.05, 0) is 30.5 Å². The zero-order chi connectivity index (χ0) is 14.5. The summed E-state index contributed by atoms with van der Waals surface area (Å²) in [7, 11) is 0. The first-order valence-corrected chi connectivity index (χ1v) is 6.64. The van der Waals surface area contributed by atoms with Crippen LogP contribution < -0.4 is 10.6 Å². The number of nitrogens with one attached hydrogen (secondary N) is 2. The highest BCUT2D eigenvalue weighted by atomic mass is 19.1. The van der Waals surface area contributed by atoms with Gasteiger partial charge in [-0.3, -0.25) is 0 Å². The maximum Gasteiger partial charge on any atom is 0.335 e.